The predicted octanol–water partition coefficient (Wildman–Crippen LogP) is 3.60. The zero-order valence-electron chi connectivity index (χ0n) is 21.8. The van der Waals surface area contributed by atoms with E-state index in [-0.39, 0.29) is 17.7 Å². The number of methoxy groups -OCH3 is 4. The van der Waals surface area contributed by atoms with Crippen molar-refractivity contribution < 1.29 is 28.5 Å². The molecule has 0 fully saturated rings. The van der Waals surface area contributed by atoms with Crippen LogP contribution in [0.5, 0.6) is 23.0 Å². The van der Waals surface area contributed by atoms with Gasteiger partial charge >= 0.3 is 5.97 Å². The van der Waals surface area contributed by atoms with Gasteiger partial charge in [0.2, 0.25) is 0 Å². The molecule has 4 rings (SSSR count). The molecule has 1 aromatic heterocycles. The number of fused-ring (bicyclic) bond motifs is 1. The summed E-state index contributed by atoms with van der Waals surface area (Å²) < 4.78 is 29.7. The Morgan fingerprint density at radius 3 is 2.39 bits per heavy atom. The summed E-state index contributed by atoms with van der Waals surface area (Å²) in [5.41, 5.74) is 1.84. The molecule has 0 radical (unpaired) electrons. The number of benzene rings is 2. The van der Waals surface area contributed by atoms with Crippen LogP contribution in [-0.4, -0.2) is 45.6 Å². The maximum absolute atomic E-state index is 13.9. The van der Waals surface area contributed by atoms with E-state index in [1.165, 1.54) is 23.0 Å². The second-order valence-electron chi connectivity index (χ2n) is 8.15. The van der Waals surface area contributed by atoms with E-state index in [2.05, 4.69) is 20.9 Å². The molecule has 3 aromatic rings. The van der Waals surface area contributed by atoms with Gasteiger partial charge in [-0.1, -0.05) is 17.4 Å². The number of carbonyl (C=O) groups excluding carboxylic acids is 1. The molecular formula is C27H27BrN2O7S. The van der Waals surface area contributed by atoms with Crippen molar-refractivity contribution in [2.75, 3.05) is 35.0 Å². The van der Waals surface area contributed by atoms with Gasteiger partial charge in [-0.05, 0) is 71.2 Å². The molecule has 1 atom stereocenters. The Labute approximate surface area is 231 Å². The molecule has 2 aromatic carbocycles. The summed E-state index contributed by atoms with van der Waals surface area (Å²) in [6.45, 7) is 3.66. The fourth-order valence-corrected chi connectivity index (χ4v) is 5.97. The van der Waals surface area contributed by atoms with Gasteiger partial charge in [0, 0.05) is 0 Å². The molecule has 0 saturated heterocycles. The van der Waals surface area contributed by atoms with E-state index in [1.54, 1.807) is 65.5 Å². The summed E-state index contributed by atoms with van der Waals surface area (Å²) in [5.74, 6) is 1.53. The second kappa shape index (κ2) is 11.4. The van der Waals surface area contributed by atoms with E-state index in [1.807, 2.05) is 6.07 Å². The minimum Gasteiger partial charge on any atom is -0.493 e. The lowest BCUT2D eigenvalue weighted by Crippen LogP contribution is -2.40. The van der Waals surface area contributed by atoms with Gasteiger partial charge in [-0.2, -0.15) is 0 Å². The number of carbonyl (C=O) groups is 1. The molecule has 0 spiro atoms. The molecule has 2 heterocycles. The number of halogens is 1. The highest BCUT2D eigenvalue weighted by Crippen LogP contribution is 2.37. The van der Waals surface area contributed by atoms with Gasteiger partial charge in [-0.15, -0.1) is 0 Å². The molecule has 0 saturated carbocycles. The highest BCUT2D eigenvalue weighted by molar-refractivity contribution is 9.10. The van der Waals surface area contributed by atoms with Crippen molar-refractivity contribution in [1.82, 2.24) is 4.57 Å². The molecular weight excluding hydrogens is 576 g/mol. The van der Waals surface area contributed by atoms with Crippen molar-refractivity contribution in [3.05, 3.63) is 76.9 Å². The lowest BCUT2D eigenvalue weighted by molar-refractivity contribution is -0.139. The summed E-state index contributed by atoms with van der Waals surface area (Å²) in [6.07, 6.45) is 1.76. The average Bonchev–Trinajstić information content (AvgIpc) is 3.21. The van der Waals surface area contributed by atoms with E-state index in [0.29, 0.717) is 48.1 Å². The summed E-state index contributed by atoms with van der Waals surface area (Å²) >= 11 is 4.73. The molecule has 0 amide bonds. The number of thiazole rings is 1. The Kier molecular flexibility index (Phi) is 8.27. The predicted molar refractivity (Wildman–Crippen MR) is 147 cm³/mol. The molecule has 11 heteroatoms. The van der Waals surface area contributed by atoms with Crippen LogP contribution in [-0.2, 0) is 9.53 Å². The molecule has 1 aliphatic heterocycles. The number of esters is 1. The van der Waals surface area contributed by atoms with E-state index in [0.717, 1.165) is 5.56 Å². The third kappa shape index (κ3) is 4.95. The van der Waals surface area contributed by atoms with Crippen LogP contribution in [0.2, 0.25) is 0 Å². The van der Waals surface area contributed by atoms with Crippen LogP contribution < -0.4 is 33.8 Å². The SMILES string of the molecule is CCOC(=O)C1=C(C)N=c2s/c(=C\c3cc(Br)c(OC)c(OC)c3)c(=O)n2[C@@H]1c1ccc(OC)c(OC)c1. The Morgan fingerprint density at radius 1 is 1.05 bits per heavy atom. The van der Waals surface area contributed by atoms with Crippen molar-refractivity contribution >= 4 is 39.3 Å². The number of allylic oxidation sites excluding steroid dienone is 1. The van der Waals surface area contributed by atoms with Crippen molar-refractivity contribution in [3.63, 3.8) is 0 Å². The molecule has 9 nitrogen and oxygen atoms in total. The van der Waals surface area contributed by atoms with Crippen molar-refractivity contribution in [2.45, 2.75) is 19.9 Å². The van der Waals surface area contributed by atoms with E-state index >= 15 is 0 Å². The number of ether oxygens (including phenoxy) is 5. The lowest BCUT2D eigenvalue weighted by Gasteiger charge is -2.25. The van der Waals surface area contributed by atoms with Gasteiger partial charge in [0.25, 0.3) is 5.56 Å². The fourth-order valence-electron chi connectivity index (χ4n) is 4.30. The van der Waals surface area contributed by atoms with Crippen molar-refractivity contribution in [3.8, 4) is 23.0 Å². The van der Waals surface area contributed by atoms with E-state index < -0.39 is 12.0 Å². The number of nitrogens with zero attached hydrogens (tertiary/aromatic N) is 2. The summed E-state index contributed by atoms with van der Waals surface area (Å²) in [4.78, 5) is 32.0. The van der Waals surface area contributed by atoms with Crippen LogP contribution >= 0.6 is 27.3 Å². The molecule has 0 bridgehead atoms. The quantitative estimate of drug-likeness (QED) is 0.363. The number of hydrogen-bond acceptors (Lipinski definition) is 9. The number of aromatic nitrogens is 1. The number of hydrogen-bond donors (Lipinski definition) is 0. The highest BCUT2D eigenvalue weighted by atomic mass is 79.9. The minimum atomic E-state index is -0.774. The third-order valence-corrected chi connectivity index (χ3v) is 7.57. The standard InChI is InChI=1S/C27H27BrN2O7S/c1-7-37-26(32)22-14(2)29-27-30(23(22)16-8-9-18(33-3)19(13-16)34-4)25(31)21(38-27)12-15-10-17(28)24(36-6)20(11-15)35-5/h8-13,23H,7H2,1-6H3/b21-12-/t23-/m1/s1. The first-order valence-electron chi connectivity index (χ1n) is 11.6. The highest BCUT2D eigenvalue weighted by Gasteiger charge is 2.34. The Hall–Kier alpha value is -3.57. The summed E-state index contributed by atoms with van der Waals surface area (Å²) in [6, 6.07) is 8.13. The largest absolute Gasteiger partial charge is 0.493 e. The maximum Gasteiger partial charge on any atom is 0.338 e. The van der Waals surface area contributed by atoms with Gasteiger partial charge in [0.1, 0.15) is 0 Å². The van der Waals surface area contributed by atoms with Crippen LogP contribution in [0.3, 0.4) is 0 Å². The zero-order valence-corrected chi connectivity index (χ0v) is 24.2. The van der Waals surface area contributed by atoms with E-state index in [4.69, 9.17) is 23.7 Å². The smallest absolute Gasteiger partial charge is 0.338 e. The van der Waals surface area contributed by atoms with Gasteiger partial charge in [0.15, 0.2) is 27.8 Å². The van der Waals surface area contributed by atoms with Gasteiger partial charge in [-0.25, -0.2) is 9.79 Å². The van der Waals surface area contributed by atoms with Gasteiger partial charge in [-0.3, -0.25) is 9.36 Å². The van der Waals surface area contributed by atoms with Crippen LogP contribution in [0, 0.1) is 0 Å². The van der Waals surface area contributed by atoms with Gasteiger partial charge < -0.3 is 23.7 Å². The molecule has 1 aliphatic rings. The van der Waals surface area contributed by atoms with Crippen LogP contribution in [0.4, 0.5) is 0 Å². The Bertz CT molecular complexity index is 1610. The van der Waals surface area contributed by atoms with Crippen LogP contribution in [0.15, 0.2) is 55.9 Å². The zero-order chi connectivity index (χ0) is 27.6. The monoisotopic (exact) mass is 602 g/mol. The topological polar surface area (TPSA) is 97.6 Å². The van der Waals surface area contributed by atoms with Crippen LogP contribution in [0.25, 0.3) is 6.08 Å². The normalized spacial score (nSPS) is 15.0. The van der Waals surface area contributed by atoms with Crippen LogP contribution in [0.1, 0.15) is 31.0 Å². The van der Waals surface area contributed by atoms with Crippen molar-refractivity contribution in [1.29, 1.82) is 0 Å². The summed E-state index contributed by atoms with van der Waals surface area (Å²) in [5, 5.41) is 0. The molecule has 0 N–H and O–H groups in total. The molecule has 38 heavy (non-hydrogen) atoms. The molecule has 200 valence electrons. The Balaban J connectivity index is 1.96. The van der Waals surface area contributed by atoms with E-state index in [9.17, 15) is 9.59 Å². The minimum absolute atomic E-state index is 0.187. The Morgan fingerprint density at radius 2 is 1.76 bits per heavy atom. The summed E-state index contributed by atoms with van der Waals surface area (Å²) in [7, 11) is 6.17. The molecule has 0 unspecified atom stereocenters. The average molecular weight is 603 g/mol. The third-order valence-electron chi connectivity index (χ3n) is 5.99. The maximum atomic E-state index is 13.9. The molecule has 0 aliphatic carbocycles. The van der Waals surface area contributed by atoms with Gasteiger partial charge in [0.05, 0.1) is 61.4 Å². The lowest BCUT2D eigenvalue weighted by atomic mass is 9.95. The first-order valence-corrected chi connectivity index (χ1v) is 13.2. The fraction of sp³-hybridized carbons (Fsp3) is 0.296. The first kappa shape index (κ1) is 27.5. The number of rotatable bonds is 8. The van der Waals surface area contributed by atoms with Crippen molar-refractivity contribution in [2.24, 2.45) is 4.99 Å². The second-order valence-corrected chi connectivity index (χ2v) is 10.0. The first-order chi connectivity index (χ1) is 18.3.